The maximum absolute atomic E-state index is 12.0. The topological polar surface area (TPSA) is 69.6 Å². The molecule has 1 aromatic heterocycles. The molecule has 1 rings (SSSR count). The van der Waals surface area contributed by atoms with E-state index in [-0.39, 0.29) is 36.4 Å². The minimum atomic E-state index is -0.155. The van der Waals surface area contributed by atoms with E-state index in [1.165, 1.54) is 6.42 Å². The van der Waals surface area contributed by atoms with Crippen molar-refractivity contribution in [3.05, 3.63) is 37.2 Å². The molecule has 0 aliphatic rings. The summed E-state index contributed by atoms with van der Waals surface area (Å²) in [6.45, 7) is 7.51. The fourth-order valence-electron chi connectivity index (χ4n) is 2.17. The first kappa shape index (κ1) is 23.4. The molecule has 0 aliphatic heterocycles. The fourth-order valence-corrected chi connectivity index (χ4v) is 2.17. The van der Waals surface area contributed by atoms with Gasteiger partial charge in [-0.05, 0) is 38.3 Å². The monoisotopic (exact) mass is 459 g/mol. The van der Waals surface area contributed by atoms with Gasteiger partial charge in [-0.3, -0.25) is 9.78 Å². The third-order valence-corrected chi connectivity index (χ3v) is 3.42. The molecule has 0 fully saturated rings. The first-order valence-electron chi connectivity index (χ1n) is 8.47. The Morgan fingerprint density at radius 2 is 2.20 bits per heavy atom. The lowest BCUT2D eigenvalue weighted by atomic mass is 10.2. The Morgan fingerprint density at radius 1 is 1.40 bits per heavy atom. The van der Waals surface area contributed by atoms with E-state index >= 15 is 0 Å². The average Bonchev–Trinajstić information content (AvgIpc) is 2.59. The molecule has 1 heterocycles. The zero-order valence-electron chi connectivity index (χ0n) is 15.2. The largest absolute Gasteiger partial charge is 0.357 e. The van der Waals surface area contributed by atoms with Crippen LogP contribution >= 0.6 is 24.0 Å². The number of allylic oxidation sites excluding steroid dienone is 1. The Morgan fingerprint density at radius 3 is 2.84 bits per heavy atom. The Kier molecular flexibility index (Phi) is 13.7. The van der Waals surface area contributed by atoms with E-state index in [1.54, 1.807) is 24.5 Å². The van der Waals surface area contributed by atoms with Crippen molar-refractivity contribution < 1.29 is 4.79 Å². The summed E-state index contributed by atoms with van der Waals surface area (Å²) in [7, 11) is 1.99. The van der Waals surface area contributed by atoms with Crippen LogP contribution < -0.4 is 10.6 Å². The highest BCUT2D eigenvalue weighted by molar-refractivity contribution is 14.0. The van der Waals surface area contributed by atoms with Crippen LogP contribution in [0.1, 0.15) is 32.6 Å². The van der Waals surface area contributed by atoms with Crippen LogP contribution in [0.15, 0.2) is 42.2 Å². The standard InChI is InChI=1S/C18H29N5O.HI/c1-4-6-7-8-9-13-23(3)18(20-5-2)21-15-17(24)22-16-11-10-12-19-14-16;/h4,10-12,14H,1,5-9,13,15H2,2-3H3,(H,20,21)(H,22,24);1H. The van der Waals surface area contributed by atoms with E-state index in [0.717, 1.165) is 38.3 Å². The first-order valence-corrected chi connectivity index (χ1v) is 8.47. The molecule has 25 heavy (non-hydrogen) atoms. The van der Waals surface area contributed by atoms with Crippen LogP contribution in [0.2, 0.25) is 0 Å². The summed E-state index contributed by atoms with van der Waals surface area (Å²) in [5.74, 6) is 0.598. The van der Waals surface area contributed by atoms with E-state index in [4.69, 9.17) is 0 Å². The summed E-state index contributed by atoms with van der Waals surface area (Å²) < 4.78 is 0. The van der Waals surface area contributed by atoms with E-state index in [1.807, 2.05) is 20.0 Å². The second-order valence-corrected chi connectivity index (χ2v) is 5.52. The maximum Gasteiger partial charge on any atom is 0.246 e. The summed E-state index contributed by atoms with van der Waals surface area (Å²) in [6.07, 6.45) is 9.72. The number of unbranched alkanes of at least 4 members (excludes halogenated alkanes) is 3. The van der Waals surface area contributed by atoms with Crippen LogP contribution in [0, 0.1) is 0 Å². The number of pyridine rings is 1. The number of aromatic nitrogens is 1. The highest BCUT2D eigenvalue weighted by atomic mass is 127. The molecule has 2 N–H and O–H groups in total. The molecule has 1 amide bonds. The van der Waals surface area contributed by atoms with Gasteiger partial charge >= 0.3 is 0 Å². The molecule has 0 atom stereocenters. The van der Waals surface area contributed by atoms with Gasteiger partial charge in [0.15, 0.2) is 5.96 Å². The number of hydrogen-bond acceptors (Lipinski definition) is 3. The number of rotatable bonds is 10. The van der Waals surface area contributed by atoms with Gasteiger partial charge in [-0.2, -0.15) is 0 Å². The van der Waals surface area contributed by atoms with Crippen LogP contribution in [0.25, 0.3) is 0 Å². The number of anilines is 1. The lowest BCUT2D eigenvalue weighted by molar-refractivity contribution is -0.114. The predicted octanol–water partition coefficient (Wildman–Crippen LogP) is 3.28. The van der Waals surface area contributed by atoms with Crippen molar-refractivity contribution in [3.63, 3.8) is 0 Å². The van der Waals surface area contributed by atoms with Gasteiger partial charge in [0.2, 0.25) is 5.91 Å². The van der Waals surface area contributed by atoms with Crippen molar-refractivity contribution in [1.82, 2.24) is 15.2 Å². The molecule has 0 spiro atoms. The molecule has 7 heteroatoms. The molecule has 0 bridgehead atoms. The zero-order chi connectivity index (χ0) is 17.6. The van der Waals surface area contributed by atoms with Gasteiger partial charge in [0, 0.05) is 26.3 Å². The number of carbonyl (C=O) groups is 1. The third kappa shape index (κ3) is 10.8. The Labute approximate surface area is 168 Å². The smallest absolute Gasteiger partial charge is 0.246 e. The fraction of sp³-hybridized carbons (Fsp3) is 0.500. The van der Waals surface area contributed by atoms with Crippen molar-refractivity contribution in [3.8, 4) is 0 Å². The number of halogens is 1. The number of nitrogens with one attached hydrogen (secondary N) is 2. The lowest BCUT2D eigenvalue weighted by Gasteiger charge is -2.22. The molecule has 0 aliphatic carbocycles. The number of carbonyl (C=O) groups excluding carboxylic acids is 1. The third-order valence-electron chi connectivity index (χ3n) is 3.42. The second kappa shape index (κ2) is 14.7. The first-order chi connectivity index (χ1) is 11.7. The quantitative estimate of drug-likeness (QED) is 0.185. The van der Waals surface area contributed by atoms with Crippen LogP contribution in [0.4, 0.5) is 5.69 Å². The highest BCUT2D eigenvalue weighted by Crippen LogP contribution is 2.03. The molecule has 6 nitrogen and oxygen atoms in total. The molecule has 140 valence electrons. The Bertz CT molecular complexity index is 521. The minimum Gasteiger partial charge on any atom is -0.357 e. The number of nitrogens with zero attached hydrogens (tertiary/aromatic N) is 3. The van der Waals surface area contributed by atoms with Crippen molar-refractivity contribution >= 4 is 41.5 Å². The molecule has 0 saturated heterocycles. The molecular weight excluding hydrogens is 429 g/mol. The number of amides is 1. The summed E-state index contributed by atoms with van der Waals surface area (Å²) in [5, 5.41) is 6.00. The van der Waals surface area contributed by atoms with Crippen LogP contribution in [-0.2, 0) is 4.79 Å². The number of guanidine groups is 1. The van der Waals surface area contributed by atoms with Gasteiger partial charge in [-0.25, -0.2) is 4.99 Å². The van der Waals surface area contributed by atoms with E-state index in [9.17, 15) is 4.79 Å². The predicted molar refractivity (Wildman–Crippen MR) is 116 cm³/mol. The summed E-state index contributed by atoms with van der Waals surface area (Å²) >= 11 is 0. The second-order valence-electron chi connectivity index (χ2n) is 5.52. The number of aliphatic imine (C=N–C) groups is 1. The lowest BCUT2D eigenvalue weighted by Crippen LogP contribution is -2.40. The molecule has 0 aromatic carbocycles. The van der Waals surface area contributed by atoms with E-state index in [0.29, 0.717) is 5.69 Å². The summed E-state index contributed by atoms with van der Waals surface area (Å²) in [6, 6.07) is 3.58. The molecule has 0 unspecified atom stereocenters. The van der Waals surface area contributed by atoms with Gasteiger partial charge in [0.05, 0.1) is 11.9 Å². The van der Waals surface area contributed by atoms with Crippen LogP contribution in [0.5, 0.6) is 0 Å². The van der Waals surface area contributed by atoms with Crippen molar-refractivity contribution in [1.29, 1.82) is 0 Å². The van der Waals surface area contributed by atoms with E-state index < -0.39 is 0 Å². The van der Waals surface area contributed by atoms with Crippen molar-refractivity contribution in [2.75, 3.05) is 32.0 Å². The Hall–Kier alpha value is -1.64. The van der Waals surface area contributed by atoms with Gasteiger partial charge < -0.3 is 15.5 Å². The molecule has 0 saturated carbocycles. The minimum absolute atomic E-state index is 0. The van der Waals surface area contributed by atoms with Gasteiger partial charge in [-0.1, -0.05) is 12.5 Å². The Balaban J connectivity index is 0.00000576. The van der Waals surface area contributed by atoms with Gasteiger partial charge in [0.25, 0.3) is 0 Å². The SMILES string of the molecule is C=CCCCCCN(C)C(=NCC(=O)Nc1cccnc1)NCC.I. The van der Waals surface area contributed by atoms with Crippen molar-refractivity contribution in [2.45, 2.75) is 32.6 Å². The number of hydrogen-bond donors (Lipinski definition) is 2. The highest BCUT2D eigenvalue weighted by Gasteiger charge is 2.07. The summed E-state index contributed by atoms with van der Waals surface area (Å²) in [5.41, 5.74) is 0.679. The molecule has 0 radical (unpaired) electrons. The van der Waals surface area contributed by atoms with Crippen LogP contribution in [0.3, 0.4) is 0 Å². The van der Waals surface area contributed by atoms with Gasteiger partial charge in [0.1, 0.15) is 6.54 Å². The normalized spacial score (nSPS) is 10.6. The van der Waals surface area contributed by atoms with Crippen LogP contribution in [-0.4, -0.2) is 48.4 Å². The maximum atomic E-state index is 12.0. The van der Waals surface area contributed by atoms with E-state index in [2.05, 4.69) is 32.1 Å². The summed E-state index contributed by atoms with van der Waals surface area (Å²) in [4.78, 5) is 22.4. The van der Waals surface area contributed by atoms with Crippen molar-refractivity contribution in [2.24, 2.45) is 4.99 Å². The molecule has 1 aromatic rings. The zero-order valence-corrected chi connectivity index (χ0v) is 17.5. The van der Waals surface area contributed by atoms with Gasteiger partial charge in [-0.15, -0.1) is 30.6 Å². The molecular formula is C18H30IN5O. The average molecular weight is 459 g/mol.